The highest BCUT2D eigenvalue weighted by atomic mass is 35.5. The first-order valence-electron chi connectivity index (χ1n) is 10.8. The average molecular weight is 502 g/mol. The molecular weight excluding hydrogens is 483 g/mol. The molecule has 0 spiro atoms. The van der Waals surface area contributed by atoms with Crippen LogP contribution in [0.5, 0.6) is 23.0 Å². The second-order valence-electron chi connectivity index (χ2n) is 8.39. The van der Waals surface area contributed by atoms with Crippen molar-refractivity contribution in [1.82, 2.24) is 0 Å². The lowest BCUT2D eigenvalue weighted by Gasteiger charge is -2.20. The lowest BCUT2D eigenvalue weighted by molar-refractivity contribution is -0.686. The first kappa shape index (κ1) is 23.1. The molecule has 1 aromatic heterocycles. The number of halogens is 4. The van der Waals surface area contributed by atoms with Crippen molar-refractivity contribution in [3.8, 4) is 34.3 Å². The van der Waals surface area contributed by atoms with Crippen LogP contribution in [0.1, 0.15) is 16.7 Å². The molecule has 0 saturated carbocycles. The normalized spacial score (nSPS) is 13.3. The van der Waals surface area contributed by atoms with Gasteiger partial charge in [0.05, 0.1) is 18.1 Å². The number of hydrogen-bond donors (Lipinski definition) is 1. The van der Waals surface area contributed by atoms with Gasteiger partial charge in [-0.1, -0.05) is 0 Å². The van der Waals surface area contributed by atoms with Crippen molar-refractivity contribution in [3.63, 3.8) is 0 Å². The molecule has 0 radical (unpaired) electrons. The lowest BCUT2D eigenvalue weighted by atomic mass is 9.88. The number of nitrogens with zero attached hydrogens (tertiary/aromatic N) is 1. The number of ether oxygens (including phenoxy) is 3. The number of phenolic OH excluding ortho intramolecular Hbond substituents is 1. The zero-order valence-corrected chi connectivity index (χ0v) is 19.3. The molecule has 180 valence electrons. The molecule has 0 fully saturated rings. The van der Waals surface area contributed by atoms with Gasteiger partial charge in [-0.2, -0.15) is 4.57 Å². The summed E-state index contributed by atoms with van der Waals surface area (Å²) in [4.78, 5) is 0. The number of aryl methyl sites for hydroxylation is 2. The third-order valence-electron chi connectivity index (χ3n) is 6.48. The van der Waals surface area contributed by atoms with Crippen LogP contribution in [0.3, 0.4) is 0 Å². The first-order valence-corrected chi connectivity index (χ1v) is 10.8. The first-order chi connectivity index (χ1) is 16.4. The third-order valence-corrected chi connectivity index (χ3v) is 6.48. The minimum Gasteiger partial charge on any atom is -1.00 e. The minimum absolute atomic E-state index is 0. The zero-order valence-electron chi connectivity index (χ0n) is 18.5. The summed E-state index contributed by atoms with van der Waals surface area (Å²) >= 11 is 0. The average Bonchev–Trinajstić information content (AvgIpc) is 3.29. The molecule has 0 saturated heterocycles. The molecular formula is C26H19ClF3NO4. The smallest absolute Gasteiger partial charge is 0.231 e. The number of aromatic hydroxyl groups is 1. The summed E-state index contributed by atoms with van der Waals surface area (Å²) in [6, 6.07) is 9.32. The van der Waals surface area contributed by atoms with Gasteiger partial charge in [-0.15, -0.1) is 0 Å². The third kappa shape index (κ3) is 3.60. The second kappa shape index (κ2) is 8.53. The fraction of sp³-hybridized carbons (Fsp3) is 0.192. The Labute approximate surface area is 204 Å². The van der Waals surface area contributed by atoms with Crippen molar-refractivity contribution in [2.24, 2.45) is 0 Å². The molecule has 3 heterocycles. The number of aromatic nitrogens is 1. The summed E-state index contributed by atoms with van der Waals surface area (Å²) in [5, 5.41) is 12.1. The van der Waals surface area contributed by atoms with E-state index in [4.69, 9.17) is 14.2 Å². The topological polar surface area (TPSA) is 51.8 Å². The number of benzene rings is 3. The molecule has 9 heteroatoms. The quantitative estimate of drug-likeness (QED) is 0.344. The number of pyridine rings is 1. The van der Waals surface area contributed by atoms with E-state index in [-0.39, 0.29) is 36.9 Å². The van der Waals surface area contributed by atoms with Gasteiger partial charge in [0, 0.05) is 23.8 Å². The summed E-state index contributed by atoms with van der Waals surface area (Å²) < 4.78 is 60.1. The van der Waals surface area contributed by atoms with Gasteiger partial charge < -0.3 is 31.7 Å². The molecule has 0 amide bonds. The lowest BCUT2D eigenvalue weighted by Crippen LogP contribution is -3.00. The predicted octanol–water partition coefficient (Wildman–Crippen LogP) is 1.81. The fourth-order valence-corrected chi connectivity index (χ4v) is 4.91. The predicted molar refractivity (Wildman–Crippen MR) is 117 cm³/mol. The maximum atomic E-state index is 14.0. The maximum Gasteiger partial charge on any atom is 0.231 e. The van der Waals surface area contributed by atoms with Crippen LogP contribution in [0.2, 0.25) is 0 Å². The minimum atomic E-state index is -1.50. The summed E-state index contributed by atoms with van der Waals surface area (Å²) in [6.45, 7) is 0.762. The van der Waals surface area contributed by atoms with Crippen LogP contribution in [0.4, 0.5) is 13.2 Å². The molecule has 2 aliphatic heterocycles. The van der Waals surface area contributed by atoms with E-state index < -0.39 is 17.5 Å². The summed E-state index contributed by atoms with van der Waals surface area (Å²) in [6.07, 6.45) is 2.69. The number of rotatable bonds is 3. The molecule has 3 aromatic carbocycles. The van der Waals surface area contributed by atoms with Crippen molar-refractivity contribution in [3.05, 3.63) is 76.7 Å². The van der Waals surface area contributed by atoms with Crippen LogP contribution in [0.15, 0.2) is 42.6 Å². The Morgan fingerprint density at radius 1 is 1.00 bits per heavy atom. The molecule has 4 aromatic rings. The van der Waals surface area contributed by atoms with Crippen molar-refractivity contribution in [2.45, 2.75) is 19.4 Å². The van der Waals surface area contributed by atoms with Gasteiger partial charge in [0.2, 0.25) is 12.5 Å². The van der Waals surface area contributed by atoms with Crippen molar-refractivity contribution in [2.75, 3.05) is 13.9 Å². The van der Waals surface area contributed by atoms with Crippen molar-refractivity contribution in [1.29, 1.82) is 0 Å². The number of hydrogen-bond acceptors (Lipinski definition) is 4. The number of methoxy groups -OCH3 is 1. The van der Waals surface area contributed by atoms with Gasteiger partial charge in [-0.05, 0) is 47.5 Å². The number of fused-ring (bicyclic) bond motifs is 5. The van der Waals surface area contributed by atoms with E-state index in [1.165, 1.54) is 7.11 Å². The molecule has 0 atom stereocenters. The van der Waals surface area contributed by atoms with E-state index in [0.29, 0.717) is 34.6 Å². The van der Waals surface area contributed by atoms with Gasteiger partial charge in [-0.3, -0.25) is 0 Å². The summed E-state index contributed by atoms with van der Waals surface area (Å²) in [7, 11) is 1.47. The largest absolute Gasteiger partial charge is 1.00 e. The van der Waals surface area contributed by atoms with E-state index in [9.17, 15) is 18.3 Å². The fourth-order valence-electron chi connectivity index (χ4n) is 4.91. The van der Waals surface area contributed by atoms with Crippen molar-refractivity contribution < 1.29 is 49.5 Å². The van der Waals surface area contributed by atoms with E-state index in [1.54, 1.807) is 6.07 Å². The highest BCUT2D eigenvalue weighted by molar-refractivity contribution is 5.95. The van der Waals surface area contributed by atoms with Gasteiger partial charge in [-0.25, -0.2) is 13.2 Å². The molecule has 5 nitrogen and oxygen atoms in total. The highest BCUT2D eigenvalue weighted by Crippen LogP contribution is 2.43. The van der Waals surface area contributed by atoms with E-state index >= 15 is 0 Å². The standard InChI is InChI=1S/C26H18F3NO4.ClH/c1-32-21-3-2-15-17(6-13-7-19(27)24(29)20(28)8-13)25-16-10-23-22(33-12-34-23)9-14(16)4-5-30(25)11-18(15)26(21)31;/h2-3,7-11H,4-6,12H2,1H3;1H. The SMILES string of the molecule is COc1ccc2c(Cc3cc(F)c(F)c(F)c3)c3[n+](cc2c1O)CCc1cc2c(cc1-3)OCO2.[Cl-]. The Bertz CT molecular complexity index is 1490. The van der Waals surface area contributed by atoms with E-state index in [0.717, 1.165) is 40.9 Å². The Hall–Kier alpha value is -3.65. The maximum absolute atomic E-state index is 14.0. The Morgan fingerprint density at radius 2 is 1.71 bits per heavy atom. The van der Waals surface area contributed by atoms with Gasteiger partial charge in [0.25, 0.3) is 0 Å². The summed E-state index contributed by atoms with van der Waals surface area (Å²) in [5.41, 5.74) is 3.81. The van der Waals surface area contributed by atoms with E-state index in [2.05, 4.69) is 0 Å². The Balaban J connectivity index is 0.00000253. The number of phenols is 1. The van der Waals surface area contributed by atoms with Crippen LogP contribution < -0.4 is 31.2 Å². The monoisotopic (exact) mass is 501 g/mol. The molecule has 35 heavy (non-hydrogen) atoms. The van der Waals surface area contributed by atoms with Crippen LogP contribution in [-0.4, -0.2) is 19.0 Å². The van der Waals surface area contributed by atoms with Gasteiger partial charge in [0.1, 0.15) is 0 Å². The second-order valence-corrected chi connectivity index (χ2v) is 8.39. The molecule has 2 aliphatic rings. The summed E-state index contributed by atoms with van der Waals surface area (Å²) in [5.74, 6) is -2.40. The van der Waals surface area contributed by atoms with Crippen LogP contribution in [0, 0.1) is 17.5 Å². The molecule has 6 rings (SSSR count). The van der Waals surface area contributed by atoms with Crippen molar-refractivity contribution >= 4 is 10.8 Å². The molecule has 1 N–H and O–H groups in total. The highest BCUT2D eigenvalue weighted by Gasteiger charge is 2.32. The van der Waals surface area contributed by atoms with Gasteiger partial charge in [0.15, 0.2) is 53.2 Å². The Morgan fingerprint density at radius 3 is 2.43 bits per heavy atom. The van der Waals surface area contributed by atoms with E-state index in [1.807, 2.05) is 29.0 Å². The molecule has 0 bridgehead atoms. The van der Waals surface area contributed by atoms with Crippen LogP contribution in [-0.2, 0) is 19.4 Å². The zero-order chi connectivity index (χ0) is 23.6. The van der Waals surface area contributed by atoms with Crippen LogP contribution in [0.25, 0.3) is 22.0 Å². The molecule has 0 unspecified atom stereocenters. The Kier molecular flexibility index (Phi) is 5.63. The van der Waals surface area contributed by atoms with Crippen LogP contribution >= 0.6 is 0 Å². The molecule has 0 aliphatic carbocycles. The van der Waals surface area contributed by atoms with Gasteiger partial charge >= 0.3 is 0 Å².